The van der Waals surface area contributed by atoms with Crippen molar-refractivity contribution in [2.24, 2.45) is 0 Å². The second-order valence-corrected chi connectivity index (χ2v) is 7.57. The van der Waals surface area contributed by atoms with E-state index in [4.69, 9.17) is 9.47 Å². The van der Waals surface area contributed by atoms with Crippen molar-refractivity contribution in [2.45, 2.75) is 53.1 Å². The summed E-state index contributed by atoms with van der Waals surface area (Å²) in [6, 6.07) is 13.6. The molecule has 2 rings (SSSR count). The Morgan fingerprint density at radius 3 is 2.30 bits per heavy atom. The van der Waals surface area contributed by atoms with Crippen LogP contribution in [0.5, 0.6) is 11.5 Å². The largest absolute Gasteiger partial charge is 0.493 e. The monoisotopic (exact) mass is 369 g/mol. The summed E-state index contributed by atoms with van der Waals surface area (Å²) < 4.78 is 11.6. The predicted molar refractivity (Wildman–Crippen MR) is 110 cm³/mol. The molecule has 0 saturated heterocycles. The van der Waals surface area contributed by atoms with Gasteiger partial charge < -0.3 is 14.8 Å². The standard InChI is InChI=1S/C23H31NO3/c1-6-14-24-22(25)17-8-13-21(26-7-2)18(15-17)16-27-20-11-9-19(10-12-20)23(3,4)5/h8-13,15H,6-7,14,16H2,1-5H3,(H,24,25). The molecular formula is C23H31NO3. The molecule has 1 amide bonds. The van der Waals surface area contributed by atoms with Crippen LogP contribution >= 0.6 is 0 Å². The van der Waals surface area contributed by atoms with Crippen LogP contribution in [-0.4, -0.2) is 19.1 Å². The fourth-order valence-corrected chi connectivity index (χ4v) is 2.68. The molecule has 146 valence electrons. The van der Waals surface area contributed by atoms with Crippen molar-refractivity contribution >= 4 is 5.91 Å². The van der Waals surface area contributed by atoms with E-state index < -0.39 is 0 Å². The van der Waals surface area contributed by atoms with Gasteiger partial charge in [-0.3, -0.25) is 4.79 Å². The third kappa shape index (κ3) is 6.02. The Labute approximate surface area is 162 Å². The van der Waals surface area contributed by atoms with Crippen molar-refractivity contribution < 1.29 is 14.3 Å². The average Bonchev–Trinajstić information content (AvgIpc) is 2.65. The molecule has 0 saturated carbocycles. The predicted octanol–water partition coefficient (Wildman–Crippen LogP) is 5.10. The SMILES string of the molecule is CCCNC(=O)c1ccc(OCC)c(COc2ccc(C(C)(C)C)cc2)c1. The molecule has 0 aliphatic rings. The molecule has 0 aromatic heterocycles. The molecule has 1 N–H and O–H groups in total. The fraction of sp³-hybridized carbons (Fsp3) is 0.435. The van der Waals surface area contributed by atoms with Crippen LogP contribution in [0.4, 0.5) is 0 Å². The molecular weight excluding hydrogens is 338 g/mol. The zero-order valence-corrected chi connectivity index (χ0v) is 17.1. The lowest BCUT2D eigenvalue weighted by Crippen LogP contribution is -2.24. The normalized spacial score (nSPS) is 11.1. The first-order valence-electron chi connectivity index (χ1n) is 9.62. The van der Waals surface area contributed by atoms with E-state index >= 15 is 0 Å². The van der Waals surface area contributed by atoms with Gasteiger partial charge in [0.15, 0.2) is 0 Å². The molecule has 2 aromatic rings. The number of benzene rings is 2. The maximum absolute atomic E-state index is 12.2. The van der Waals surface area contributed by atoms with Gasteiger partial charge in [-0.15, -0.1) is 0 Å². The smallest absolute Gasteiger partial charge is 0.251 e. The summed E-state index contributed by atoms with van der Waals surface area (Å²) in [7, 11) is 0. The number of carbonyl (C=O) groups is 1. The molecule has 0 fully saturated rings. The van der Waals surface area contributed by atoms with Gasteiger partial charge in [0.2, 0.25) is 0 Å². The average molecular weight is 370 g/mol. The minimum atomic E-state index is -0.0734. The Hall–Kier alpha value is -2.49. The van der Waals surface area contributed by atoms with E-state index in [0.717, 1.165) is 23.5 Å². The van der Waals surface area contributed by atoms with Gasteiger partial charge in [-0.2, -0.15) is 0 Å². The highest BCUT2D eigenvalue weighted by atomic mass is 16.5. The van der Waals surface area contributed by atoms with E-state index in [2.05, 4.69) is 38.2 Å². The first-order chi connectivity index (χ1) is 12.8. The van der Waals surface area contributed by atoms with Gasteiger partial charge in [0.25, 0.3) is 5.91 Å². The first kappa shape index (κ1) is 20.8. The van der Waals surface area contributed by atoms with Crippen molar-refractivity contribution in [1.29, 1.82) is 0 Å². The second-order valence-electron chi connectivity index (χ2n) is 7.57. The summed E-state index contributed by atoms with van der Waals surface area (Å²) >= 11 is 0. The first-order valence-corrected chi connectivity index (χ1v) is 9.62. The zero-order chi connectivity index (χ0) is 19.9. The van der Waals surface area contributed by atoms with E-state index in [1.165, 1.54) is 5.56 Å². The quantitative estimate of drug-likeness (QED) is 0.704. The van der Waals surface area contributed by atoms with Crippen LogP contribution in [0.1, 0.15) is 62.5 Å². The number of hydrogen-bond acceptors (Lipinski definition) is 3. The Morgan fingerprint density at radius 1 is 1.00 bits per heavy atom. The number of rotatable bonds is 8. The Balaban J connectivity index is 2.14. The molecule has 27 heavy (non-hydrogen) atoms. The summed E-state index contributed by atoms with van der Waals surface area (Å²) in [5, 5.41) is 2.90. The van der Waals surface area contributed by atoms with Gasteiger partial charge >= 0.3 is 0 Å². The van der Waals surface area contributed by atoms with Gasteiger partial charge in [-0.25, -0.2) is 0 Å². The maximum Gasteiger partial charge on any atom is 0.251 e. The lowest BCUT2D eigenvalue weighted by atomic mass is 9.87. The van der Waals surface area contributed by atoms with E-state index in [0.29, 0.717) is 25.3 Å². The summed E-state index contributed by atoms with van der Waals surface area (Å²) in [6.07, 6.45) is 0.906. The molecule has 0 atom stereocenters. The Morgan fingerprint density at radius 2 is 1.70 bits per heavy atom. The zero-order valence-electron chi connectivity index (χ0n) is 17.1. The van der Waals surface area contributed by atoms with E-state index in [9.17, 15) is 4.79 Å². The van der Waals surface area contributed by atoms with Gasteiger partial charge in [-0.1, -0.05) is 39.8 Å². The molecule has 0 radical (unpaired) electrons. The van der Waals surface area contributed by atoms with Crippen molar-refractivity contribution in [1.82, 2.24) is 5.32 Å². The number of amides is 1. The Bertz CT molecular complexity index is 745. The van der Waals surface area contributed by atoms with E-state index in [1.54, 1.807) is 6.07 Å². The second kappa shape index (κ2) is 9.45. The number of ether oxygens (including phenoxy) is 2. The van der Waals surface area contributed by atoms with Crippen LogP contribution in [0.2, 0.25) is 0 Å². The highest BCUT2D eigenvalue weighted by molar-refractivity contribution is 5.94. The molecule has 0 aliphatic carbocycles. The minimum Gasteiger partial charge on any atom is -0.493 e. The van der Waals surface area contributed by atoms with Crippen LogP contribution in [0.3, 0.4) is 0 Å². The van der Waals surface area contributed by atoms with Crippen LogP contribution in [-0.2, 0) is 12.0 Å². The number of carbonyl (C=O) groups excluding carboxylic acids is 1. The third-order valence-electron chi connectivity index (χ3n) is 4.27. The lowest BCUT2D eigenvalue weighted by Gasteiger charge is -2.19. The molecule has 4 heteroatoms. The number of nitrogens with one attached hydrogen (secondary N) is 1. The molecule has 0 spiro atoms. The molecule has 4 nitrogen and oxygen atoms in total. The fourth-order valence-electron chi connectivity index (χ4n) is 2.68. The summed E-state index contributed by atoms with van der Waals surface area (Å²) in [5.74, 6) is 1.47. The van der Waals surface area contributed by atoms with E-state index in [1.807, 2.05) is 38.1 Å². The lowest BCUT2D eigenvalue weighted by molar-refractivity contribution is 0.0953. The summed E-state index contributed by atoms with van der Waals surface area (Å²) in [4.78, 5) is 12.2. The van der Waals surface area contributed by atoms with Crippen molar-refractivity contribution in [3.05, 3.63) is 59.2 Å². The van der Waals surface area contributed by atoms with Gasteiger partial charge in [-0.05, 0) is 54.7 Å². The van der Waals surface area contributed by atoms with Gasteiger partial charge in [0.05, 0.1) is 6.61 Å². The highest BCUT2D eigenvalue weighted by Crippen LogP contribution is 2.26. The van der Waals surface area contributed by atoms with Gasteiger partial charge in [0, 0.05) is 17.7 Å². The highest BCUT2D eigenvalue weighted by Gasteiger charge is 2.14. The van der Waals surface area contributed by atoms with Crippen LogP contribution in [0.15, 0.2) is 42.5 Å². The third-order valence-corrected chi connectivity index (χ3v) is 4.27. The number of hydrogen-bond donors (Lipinski definition) is 1. The molecule has 0 unspecified atom stereocenters. The van der Waals surface area contributed by atoms with Crippen molar-refractivity contribution in [3.8, 4) is 11.5 Å². The van der Waals surface area contributed by atoms with E-state index in [-0.39, 0.29) is 11.3 Å². The Kier molecular flexibility index (Phi) is 7.28. The molecule has 0 bridgehead atoms. The summed E-state index contributed by atoms with van der Waals surface area (Å²) in [5.41, 5.74) is 2.86. The molecule has 0 heterocycles. The van der Waals surface area contributed by atoms with Crippen LogP contribution < -0.4 is 14.8 Å². The van der Waals surface area contributed by atoms with Gasteiger partial charge in [0.1, 0.15) is 18.1 Å². The maximum atomic E-state index is 12.2. The van der Waals surface area contributed by atoms with Crippen LogP contribution in [0.25, 0.3) is 0 Å². The summed E-state index contributed by atoms with van der Waals surface area (Å²) in [6.45, 7) is 12.1. The molecule has 2 aromatic carbocycles. The minimum absolute atomic E-state index is 0.0734. The molecule has 0 aliphatic heterocycles. The van der Waals surface area contributed by atoms with Crippen LogP contribution in [0, 0.1) is 0 Å². The van der Waals surface area contributed by atoms with Crippen molar-refractivity contribution in [3.63, 3.8) is 0 Å². The topological polar surface area (TPSA) is 47.6 Å². The van der Waals surface area contributed by atoms with Crippen molar-refractivity contribution in [2.75, 3.05) is 13.2 Å².